The highest BCUT2D eigenvalue weighted by Gasteiger charge is 2.44. The normalized spacial score (nSPS) is 47.0. The van der Waals surface area contributed by atoms with Gasteiger partial charge in [0.1, 0.15) is 18.3 Å². The van der Waals surface area contributed by atoms with Gasteiger partial charge in [0.05, 0.1) is 18.3 Å². The van der Waals surface area contributed by atoms with Crippen molar-refractivity contribution in [3.05, 3.63) is 0 Å². The molecule has 9 heteroatoms. The van der Waals surface area contributed by atoms with E-state index in [0.717, 1.165) is 19.3 Å². The van der Waals surface area contributed by atoms with Gasteiger partial charge in [0.2, 0.25) is 0 Å². The van der Waals surface area contributed by atoms with Crippen molar-refractivity contribution >= 4 is 17.9 Å². The van der Waals surface area contributed by atoms with Crippen molar-refractivity contribution in [1.29, 1.82) is 0 Å². The lowest BCUT2D eigenvalue weighted by Gasteiger charge is -2.40. The number of fused-ring (bicyclic) bond motifs is 6. The number of hydrogen-bond acceptors (Lipinski definition) is 9. The molecule has 4 aliphatic rings. The van der Waals surface area contributed by atoms with Crippen LogP contribution in [-0.2, 0) is 42.8 Å². The first-order valence-corrected chi connectivity index (χ1v) is 13.6. The molecule has 0 spiro atoms. The van der Waals surface area contributed by atoms with Crippen molar-refractivity contribution < 1.29 is 42.8 Å². The summed E-state index contributed by atoms with van der Waals surface area (Å²) < 4.78 is 35.8. The third kappa shape index (κ3) is 5.89. The number of esters is 3. The van der Waals surface area contributed by atoms with Crippen LogP contribution in [0.5, 0.6) is 0 Å². The van der Waals surface area contributed by atoms with E-state index in [4.69, 9.17) is 28.4 Å². The Morgan fingerprint density at radius 2 is 0.694 bits per heavy atom. The molecule has 12 atom stereocenters. The van der Waals surface area contributed by atoms with Crippen LogP contribution in [0.25, 0.3) is 0 Å². The minimum Gasteiger partial charge on any atom is -0.458 e. The second-order valence-corrected chi connectivity index (χ2v) is 11.4. The smallest absolute Gasteiger partial charge is 0.335 e. The highest BCUT2D eigenvalue weighted by Crippen LogP contribution is 2.34. The van der Waals surface area contributed by atoms with Gasteiger partial charge >= 0.3 is 17.9 Å². The summed E-state index contributed by atoms with van der Waals surface area (Å²) >= 11 is 0. The molecular formula is C27H42O9. The van der Waals surface area contributed by atoms with Crippen molar-refractivity contribution in [2.24, 2.45) is 17.8 Å². The fraction of sp³-hybridized carbons (Fsp3) is 0.889. The van der Waals surface area contributed by atoms with E-state index in [0.29, 0.717) is 19.3 Å². The van der Waals surface area contributed by atoms with Gasteiger partial charge in [-0.25, -0.2) is 14.4 Å². The Labute approximate surface area is 213 Å². The van der Waals surface area contributed by atoms with Crippen molar-refractivity contribution in [3.63, 3.8) is 0 Å². The predicted molar refractivity (Wildman–Crippen MR) is 128 cm³/mol. The molecule has 6 bridgehead atoms. The first-order chi connectivity index (χ1) is 17.0. The van der Waals surface area contributed by atoms with Crippen LogP contribution in [0.15, 0.2) is 0 Å². The van der Waals surface area contributed by atoms with Gasteiger partial charge in [-0.1, -0.05) is 20.8 Å². The average Bonchev–Trinajstić information content (AvgIpc) is 2.83. The molecule has 0 amide bonds. The van der Waals surface area contributed by atoms with Crippen LogP contribution in [0.4, 0.5) is 0 Å². The minimum atomic E-state index is -0.760. The largest absolute Gasteiger partial charge is 0.458 e. The van der Waals surface area contributed by atoms with Crippen LogP contribution in [0, 0.1) is 17.8 Å². The maximum absolute atomic E-state index is 13.1. The number of rotatable bonds is 0. The van der Waals surface area contributed by atoms with Gasteiger partial charge in [0.25, 0.3) is 0 Å². The summed E-state index contributed by atoms with van der Waals surface area (Å²) in [7, 11) is 0. The van der Waals surface area contributed by atoms with E-state index in [2.05, 4.69) is 0 Å². The van der Waals surface area contributed by atoms with E-state index < -0.39 is 72.8 Å². The van der Waals surface area contributed by atoms with Crippen molar-refractivity contribution in [2.75, 3.05) is 0 Å². The standard InChI is InChI=1S/C27H42O9/c1-13-7-10-19-16(4)32-26(29)23-15(3)9-12-21(36-23)18(6)33-27(30)24-14(2)8-11-20(35-24)17(5)31-25(28)22(13)34-19/h13-24H,7-12H2,1-6H3/t13-,14-,15-,16+,17+,18+,19-,20-,21-,22+,23+,24+/m0/s1. The summed E-state index contributed by atoms with van der Waals surface area (Å²) in [6.45, 7) is 11.2. The van der Waals surface area contributed by atoms with Crippen LogP contribution in [0.1, 0.15) is 80.1 Å². The maximum atomic E-state index is 13.1. The molecule has 0 aromatic rings. The van der Waals surface area contributed by atoms with E-state index in [1.807, 2.05) is 20.8 Å². The van der Waals surface area contributed by atoms with Crippen LogP contribution in [0.2, 0.25) is 0 Å². The molecule has 0 aromatic heterocycles. The zero-order valence-corrected chi connectivity index (χ0v) is 22.3. The molecule has 0 N–H and O–H groups in total. The average molecular weight is 511 g/mol. The van der Waals surface area contributed by atoms with Gasteiger partial charge in [0.15, 0.2) is 18.3 Å². The Bertz CT molecular complexity index is 710. The van der Waals surface area contributed by atoms with Crippen molar-refractivity contribution in [2.45, 2.75) is 135 Å². The van der Waals surface area contributed by atoms with Gasteiger partial charge in [-0.15, -0.1) is 0 Å². The number of carbonyl (C=O) groups is 3. The fourth-order valence-corrected chi connectivity index (χ4v) is 5.79. The number of cyclic esters (lactones) is 3. The van der Waals surface area contributed by atoms with Gasteiger partial charge in [-0.3, -0.25) is 0 Å². The zero-order chi connectivity index (χ0) is 26.1. The summed E-state index contributed by atoms with van der Waals surface area (Å²) in [6, 6.07) is 0. The molecule has 4 rings (SSSR count). The second kappa shape index (κ2) is 11.4. The highest BCUT2D eigenvalue weighted by molar-refractivity contribution is 5.77. The van der Waals surface area contributed by atoms with Crippen LogP contribution in [0.3, 0.4) is 0 Å². The molecule has 204 valence electrons. The van der Waals surface area contributed by atoms with Gasteiger partial charge < -0.3 is 28.4 Å². The first kappa shape index (κ1) is 27.3. The molecule has 0 aromatic carbocycles. The number of ether oxygens (including phenoxy) is 6. The number of hydrogen-bond donors (Lipinski definition) is 0. The van der Waals surface area contributed by atoms with E-state index in [-0.39, 0.29) is 17.8 Å². The SMILES string of the molecule is C[C@H]1CC[C@@H]2O[C@H]1C(=O)O[C@H](C)[C@@H]1CC[C@H](C)[C@@H](O1)C(=O)O[C@H](C)[C@@H]1CC[C@H](C)[C@@H](O1)C(=O)O[C@@H]2C. The molecule has 0 saturated carbocycles. The Kier molecular flexibility index (Phi) is 8.62. The molecule has 4 heterocycles. The lowest BCUT2D eigenvalue weighted by atomic mass is 9.90. The maximum Gasteiger partial charge on any atom is 0.335 e. The van der Waals surface area contributed by atoms with Gasteiger partial charge in [0, 0.05) is 0 Å². The van der Waals surface area contributed by atoms with E-state index >= 15 is 0 Å². The van der Waals surface area contributed by atoms with Crippen LogP contribution < -0.4 is 0 Å². The highest BCUT2D eigenvalue weighted by atomic mass is 16.6. The van der Waals surface area contributed by atoms with Gasteiger partial charge in [-0.2, -0.15) is 0 Å². The third-order valence-electron chi connectivity index (χ3n) is 8.41. The van der Waals surface area contributed by atoms with E-state index in [1.165, 1.54) is 0 Å². The Balaban J connectivity index is 1.58. The molecular weight excluding hydrogens is 468 g/mol. The monoisotopic (exact) mass is 510 g/mol. The minimum absolute atomic E-state index is 0.0339. The molecule has 0 radical (unpaired) electrons. The molecule has 4 fully saturated rings. The van der Waals surface area contributed by atoms with Crippen molar-refractivity contribution in [1.82, 2.24) is 0 Å². The molecule has 4 aliphatic heterocycles. The third-order valence-corrected chi connectivity index (χ3v) is 8.41. The molecule has 9 nitrogen and oxygen atoms in total. The Morgan fingerprint density at radius 1 is 0.444 bits per heavy atom. The summed E-state index contributed by atoms with van der Waals surface area (Å²) in [4.78, 5) is 39.3. The van der Waals surface area contributed by atoms with E-state index in [1.54, 1.807) is 20.8 Å². The Hall–Kier alpha value is -1.71. The zero-order valence-electron chi connectivity index (χ0n) is 22.3. The van der Waals surface area contributed by atoms with Crippen LogP contribution >= 0.6 is 0 Å². The lowest BCUT2D eigenvalue weighted by molar-refractivity contribution is -0.214. The fourth-order valence-electron chi connectivity index (χ4n) is 5.79. The summed E-state index contributed by atoms with van der Waals surface area (Å²) in [5.41, 5.74) is 0. The van der Waals surface area contributed by atoms with E-state index in [9.17, 15) is 14.4 Å². The molecule has 4 saturated heterocycles. The summed E-state index contributed by atoms with van der Waals surface area (Å²) in [5, 5.41) is 0. The summed E-state index contributed by atoms with van der Waals surface area (Å²) in [6.07, 6.45) is -0.880. The van der Waals surface area contributed by atoms with Crippen molar-refractivity contribution in [3.8, 4) is 0 Å². The first-order valence-electron chi connectivity index (χ1n) is 13.6. The molecule has 0 aliphatic carbocycles. The molecule has 0 unspecified atom stereocenters. The summed E-state index contributed by atoms with van der Waals surface area (Å²) in [5.74, 6) is -1.47. The Morgan fingerprint density at radius 3 is 0.944 bits per heavy atom. The molecule has 36 heavy (non-hydrogen) atoms. The predicted octanol–water partition coefficient (Wildman–Crippen LogP) is 3.35. The van der Waals surface area contributed by atoms with Gasteiger partial charge in [-0.05, 0) is 77.0 Å². The number of carbonyl (C=O) groups excluding carboxylic acids is 3. The van der Waals surface area contributed by atoms with Crippen LogP contribution in [-0.4, -0.2) is 72.8 Å². The topological polar surface area (TPSA) is 107 Å². The quantitative estimate of drug-likeness (QED) is 0.358. The second-order valence-electron chi connectivity index (χ2n) is 11.4. The lowest BCUT2D eigenvalue weighted by Crippen LogP contribution is -2.51.